The Bertz CT molecular complexity index is 499. The molecule has 0 unspecified atom stereocenters. The van der Waals surface area contributed by atoms with Gasteiger partial charge in [0.2, 0.25) is 0 Å². The first kappa shape index (κ1) is 16.0. The first-order valence-electron chi connectivity index (χ1n) is 5.94. The molecular formula is C14H16ClNO4. The SMILES string of the molecule is COC(=O)/C(Cl)=C(\NCCc1ccccc1)C(=O)OC. The number of methoxy groups -OCH3 is 2. The Kier molecular flexibility index (Phi) is 6.59. The Labute approximate surface area is 122 Å². The van der Waals surface area contributed by atoms with Crippen LogP contribution in [0.15, 0.2) is 41.1 Å². The quantitative estimate of drug-likeness (QED) is 0.638. The molecule has 0 bridgehead atoms. The number of carbonyl (C=O) groups excluding carboxylic acids is 2. The summed E-state index contributed by atoms with van der Waals surface area (Å²) in [5.74, 6) is -1.51. The predicted molar refractivity (Wildman–Crippen MR) is 75.1 cm³/mol. The van der Waals surface area contributed by atoms with Crippen molar-refractivity contribution >= 4 is 23.5 Å². The van der Waals surface area contributed by atoms with Gasteiger partial charge in [-0.05, 0) is 12.0 Å². The van der Waals surface area contributed by atoms with Crippen molar-refractivity contribution in [3.8, 4) is 0 Å². The van der Waals surface area contributed by atoms with Crippen molar-refractivity contribution in [1.82, 2.24) is 5.32 Å². The summed E-state index contributed by atoms with van der Waals surface area (Å²) in [6.07, 6.45) is 0.673. The van der Waals surface area contributed by atoms with Crippen LogP contribution in [-0.2, 0) is 25.5 Å². The van der Waals surface area contributed by atoms with E-state index in [2.05, 4.69) is 14.8 Å². The topological polar surface area (TPSA) is 64.6 Å². The first-order valence-corrected chi connectivity index (χ1v) is 6.32. The molecule has 1 rings (SSSR count). The normalized spacial score (nSPS) is 11.3. The van der Waals surface area contributed by atoms with E-state index < -0.39 is 11.9 Å². The molecule has 0 aromatic heterocycles. The van der Waals surface area contributed by atoms with Gasteiger partial charge in [-0.15, -0.1) is 0 Å². The Morgan fingerprint density at radius 3 is 2.25 bits per heavy atom. The number of carbonyl (C=O) groups is 2. The molecule has 0 aliphatic heterocycles. The third-order valence-electron chi connectivity index (χ3n) is 2.53. The van der Waals surface area contributed by atoms with E-state index in [-0.39, 0.29) is 10.7 Å². The lowest BCUT2D eigenvalue weighted by molar-refractivity contribution is -0.139. The van der Waals surface area contributed by atoms with E-state index in [1.54, 1.807) is 0 Å². The Morgan fingerprint density at radius 2 is 1.70 bits per heavy atom. The summed E-state index contributed by atoms with van der Waals surface area (Å²) in [5, 5.41) is 2.48. The molecule has 108 valence electrons. The van der Waals surface area contributed by atoms with Crippen LogP contribution in [0.4, 0.5) is 0 Å². The van der Waals surface area contributed by atoms with Crippen LogP contribution in [0.3, 0.4) is 0 Å². The van der Waals surface area contributed by atoms with Crippen LogP contribution in [0.5, 0.6) is 0 Å². The standard InChI is InChI=1S/C14H16ClNO4/c1-19-13(17)11(15)12(14(18)20-2)16-9-8-10-6-4-3-5-7-10/h3-7,16H,8-9H2,1-2H3/b12-11+. The summed E-state index contributed by atoms with van der Waals surface area (Å²) in [6, 6.07) is 9.70. The van der Waals surface area contributed by atoms with Gasteiger partial charge in [-0.2, -0.15) is 0 Å². The third-order valence-corrected chi connectivity index (χ3v) is 2.88. The minimum absolute atomic E-state index is 0.100. The zero-order chi connectivity index (χ0) is 15.0. The van der Waals surface area contributed by atoms with Crippen molar-refractivity contribution in [3.63, 3.8) is 0 Å². The van der Waals surface area contributed by atoms with Crippen LogP contribution in [0.2, 0.25) is 0 Å². The van der Waals surface area contributed by atoms with E-state index in [0.717, 1.165) is 5.56 Å². The molecule has 6 heteroatoms. The fourth-order valence-corrected chi connectivity index (χ4v) is 1.73. The lowest BCUT2D eigenvalue weighted by atomic mass is 10.1. The molecule has 5 nitrogen and oxygen atoms in total. The van der Waals surface area contributed by atoms with Crippen molar-refractivity contribution in [2.75, 3.05) is 20.8 Å². The molecule has 0 heterocycles. The predicted octanol–water partition coefficient (Wildman–Crippen LogP) is 1.62. The van der Waals surface area contributed by atoms with Gasteiger partial charge < -0.3 is 14.8 Å². The molecule has 0 saturated carbocycles. The lowest BCUT2D eigenvalue weighted by Gasteiger charge is -2.10. The van der Waals surface area contributed by atoms with Gasteiger partial charge in [0, 0.05) is 6.54 Å². The van der Waals surface area contributed by atoms with E-state index in [4.69, 9.17) is 11.6 Å². The van der Waals surface area contributed by atoms with E-state index in [1.165, 1.54) is 14.2 Å². The van der Waals surface area contributed by atoms with Crippen molar-refractivity contribution in [1.29, 1.82) is 0 Å². The third kappa shape index (κ3) is 4.59. The van der Waals surface area contributed by atoms with Gasteiger partial charge in [0.15, 0.2) is 5.03 Å². The molecule has 0 aliphatic carbocycles. The van der Waals surface area contributed by atoms with Crippen LogP contribution in [0.1, 0.15) is 5.56 Å². The van der Waals surface area contributed by atoms with Crippen LogP contribution in [0.25, 0.3) is 0 Å². The van der Waals surface area contributed by atoms with Gasteiger partial charge in [0.1, 0.15) is 5.70 Å². The van der Waals surface area contributed by atoms with Gasteiger partial charge in [-0.3, -0.25) is 0 Å². The zero-order valence-electron chi connectivity index (χ0n) is 11.3. The highest BCUT2D eigenvalue weighted by Crippen LogP contribution is 2.11. The largest absolute Gasteiger partial charge is 0.465 e. The average Bonchev–Trinajstić information content (AvgIpc) is 2.50. The molecule has 1 aromatic rings. The highest BCUT2D eigenvalue weighted by Gasteiger charge is 2.20. The molecule has 0 radical (unpaired) electrons. The van der Waals surface area contributed by atoms with Crippen LogP contribution >= 0.6 is 11.6 Å². The summed E-state index contributed by atoms with van der Waals surface area (Å²) >= 11 is 5.79. The molecule has 0 saturated heterocycles. The van der Waals surface area contributed by atoms with Crippen molar-refractivity contribution in [3.05, 3.63) is 46.6 Å². The number of hydrogen-bond acceptors (Lipinski definition) is 5. The summed E-state index contributed by atoms with van der Waals surface area (Å²) in [7, 11) is 2.40. The number of nitrogens with one attached hydrogen (secondary N) is 1. The zero-order valence-corrected chi connectivity index (χ0v) is 12.1. The monoisotopic (exact) mass is 297 g/mol. The Balaban J connectivity index is 2.72. The molecular weight excluding hydrogens is 282 g/mol. The summed E-state index contributed by atoms with van der Waals surface area (Å²) in [6.45, 7) is 0.432. The number of benzene rings is 1. The Hall–Kier alpha value is -2.01. The minimum atomic E-state index is -0.792. The maximum atomic E-state index is 11.6. The van der Waals surface area contributed by atoms with Crippen LogP contribution in [0, 0.1) is 0 Å². The number of halogens is 1. The minimum Gasteiger partial charge on any atom is -0.465 e. The lowest BCUT2D eigenvalue weighted by Crippen LogP contribution is -2.26. The summed E-state index contributed by atoms with van der Waals surface area (Å²) in [4.78, 5) is 22.9. The van der Waals surface area contributed by atoms with E-state index in [9.17, 15) is 9.59 Å². The molecule has 0 aliphatic rings. The highest BCUT2D eigenvalue weighted by atomic mass is 35.5. The van der Waals surface area contributed by atoms with Crippen LogP contribution < -0.4 is 5.32 Å². The number of ether oxygens (including phenoxy) is 2. The number of rotatable bonds is 6. The van der Waals surface area contributed by atoms with E-state index >= 15 is 0 Å². The maximum Gasteiger partial charge on any atom is 0.355 e. The van der Waals surface area contributed by atoms with Gasteiger partial charge in [-0.25, -0.2) is 9.59 Å². The number of esters is 2. The molecule has 0 amide bonds. The molecule has 20 heavy (non-hydrogen) atoms. The maximum absolute atomic E-state index is 11.6. The molecule has 1 N–H and O–H groups in total. The fourth-order valence-electron chi connectivity index (χ4n) is 1.51. The van der Waals surface area contributed by atoms with E-state index in [0.29, 0.717) is 13.0 Å². The van der Waals surface area contributed by atoms with Crippen LogP contribution in [-0.4, -0.2) is 32.7 Å². The fraction of sp³-hybridized carbons (Fsp3) is 0.286. The summed E-state index contributed by atoms with van der Waals surface area (Å²) < 4.78 is 9.06. The molecule has 0 spiro atoms. The average molecular weight is 298 g/mol. The summed E-state index contributed by atoms with van der Waals surface area (Å²) in [5.41, 5.74) is 0.996. The first-order chi connectivity index (χ1) is 9.60. The Morgan fingerprint density at radius 1 is 1.10 bits per heavy atom. The highest BCUT2D eigenvalue weighted by molar-refractivity contribution is 6.43. The van der Waals surface area contributed by atoms with Gasteiger partial charge in [0.05, 0.1) is 14.2 Å². The van der Waals surface area contributed by atoms with Gasteiger partial charge in [0.25, 0.3) is 0 Å². The van der Waals surface area contributed by atoms with Crippen molar-refractivity contribution in [2.24, 2.45) is 0 Å². The molecule has 1 aromatic carbocycles. The second-order valence-corrected chi connectivity index (χ2v) is 4.21. The smallest absolute Gasteiger partial charge is 0.355 e. The second kappa shape index (κ2) is 8.22. The number of hydrogen-bond donors (Lipinski definition) is 1. The van der Waals surface area contributed by atoms with Gasteiger partial charge >= 0.3 is 11.9 Å². The second-order valence-electron chi connectivity index (χ2n) is 3.83. The van der Waals surface area contributed by atoms with Crippen molar-refractivity contribution in [2.45, 2.75) is 6.42 Å². The van der Waals surface area contributed by atoms with E-state index in [1.807, 2.05) is 30.3 Å². The van der Waals surface area contributed by atoms with Crippen molar-refractivity contribution < 1.29 is 19.1 Å². The van der Waals surface area contributed by atoms with Gasteiger partial charge in [-0.1, -0.05) is 41.9 Å². The molecule has 0 fully saturated rings. The molecule has 0 atom stereocenters.